The molecule has 2 rings (SSSR count). The highest BCUT2D eigenvalue weighted by atomic mass is 79.9. The van der Waals surface area contributed by atoms with Crippen LogP contribution in [-0.4, -0.2) is 0 Å². The lowest BCUT2D eigenvalue weighted by molar-refractivity contribution is 0.571. The van der Waals surface area contributed by atoms with Gasteiger partial charge in [0.05, 0.1) is 0 Å². The number of nitrogens with one attached hydrogen (secondary N) is 1. The Balaban J connectivity index is 2.02. The van der Waals surface area contributed by atoms with Gasteiger partial charge in [-0.25, -0.2) is 4.39 Å². The maximum Gasteiger partial charge on any atom is 0.123 e. The quantitative estimate of drug-likeness (QED) is 0.816. The third kappa shape index (κ3) is 4.03. The SMILES string of the molecule is CC(NCc1cc(Br)ccc1Cl)c1ccc(F)cc1. The Hall–Kier alpha value is -0.900. The minimum Gasteiger partial charge on any atom is -0.306 e. The van der Waals surface area contributed by atoms with E-state index in [4.69, 9.17) is 11.6 Å². The predicted octanol–water partition coefficient (Wildman–Crippen LogP) is 5.09. The lowest BCUT2D eigenvalue weighted by atomic mass is 10.1. The number of hydrogen-bond donors (Lipinski definition) is 1. The summed E-state index contributed by atoms with van der Waals surface area (Å²) in [7, 11) is 0. The summed E-state index contributed by atoms with van der Waals surface area (Å²) in [5.41, 5.74) is 2.08. The van der Waals surface area contributed by atoms with Crippen LogP contribution in [0.5, 0.6) is 0 Å². The topological polar surface area (TPSA) is 12.0 Å². The smallest absolute Gasteiger partial charge is 0.123 e. The molecule has 4 heteroatoms. The second-order valence-corrected chi connectivity index (χ2v) is 5.71. The van der Waals surface area contributed by atoms with E-state index in [2.05, 4.69) is 21.2 Å². The molecule has 0 aliphatic rings. The van der Waals surface area contributed by atoms with Gasteiger partial charge in [-0.2, -0.15) is 0 Å². The molecule has 0 aliphatic heterocycles. The Morgan fingerprint density at radius 1 is 1.21 bits per heavy atom. The van der Waals surface area contributed by atoms with E-state index < -0.39 is 0 Å². The van der Waals surface area contributed by atoms with Gasteiger partial charge in [-0.15, -0.1) is 0 Å². The van der Waals surface area contributed by atoms with Crippen molar-refractivity contribution in [3.05, 3.63) is 68.9 Å². The Morgan fingerprint density at radius 3 is 2.58 bits per heavy atom. The van der Waals surface area contributed by atoms with Crippen LogP contribution in [-0.2, 0) is 6.54 Å². The molecule has 100 valence electrons. The molecule has 1 unspecified atom stereocenters. The van der Waals surface area contributed by atoms with E-state index >= 15 is 0 Å². The number of rotatable bonds is 4. The highest BCUT2D eigenvalue weighted by Crippen LogP contribution is 2.22. The van der Waals surface area contributed by atoms with Gasteiger partial charge in [0.1, 0.15) is 5.82 Å². The molecule has 2 aromatic carbocycles. The molecule has 0 radical (unpaired) electrons. The average Bonchev–Trinajstić information content (AvgIpc) is 2.40. The van der Waals surface area contributed by atoms with Gasteiger partial charge in [-0.3, -0.25) is 0 Å². The van der Waals surface area contributed by atoms with Crippen molar-refractivity contribution in [1.82, 2.24) is 5.32 Å². The number of benzene rings is 2. The summed E-state index contributed by atoms with van der Waals surface area (Å²) in [5, 5.41) is 4.11. The van der Waals surface area contributed by atoms with Crippen molar-refractivity contribution in [2.24, 2.45) is 0 Å². The van der Waals surface area contributed by atoms with Crippen molar-refractivity contribution in [3.63, 3.8) is 0 Å². The largest absolute Gasteiger partial charge is 0.306 e. The first kappa shape index (κ1) is 14.5. The summed E-state index contributed by atoms with van der Waals surface area (Å²) in [6.07, 6.45) is 0. The van der Waals surface area contributed by atoms with Crippen molar-refractivity contribution in [2.75, 3.05) is 0 Å². The van der Waals surface area contributed by atoms with Crippen LogP contribution >= 0.6 is 27.5 Å². The molecule has 0 saturated heterocycles. The van der Waals surface area contributed by atoms with Gasteiger partial charge in [0.2, 0.25) is 0 Å². The van der Waals surface area contributed by atoms with E-state index in [-0.39, 0.29) is 11.9 Å². The predicted molar refractivity (Wildman–Crippen MR) is 80.8 cm³/mol. The third-order valence-corrected chi connectivity index (χ3v) is 3.84. The van der Waals surface area contributed by atoms with Crippen molar-refractivity contribution < 1.29 is 4.39 Å². The van der Waals surface area contributed by atoms with Crippen molar-refractivity contribution in [2.45, 2.75) is 19.5 Å². The maximum absolute atomic E-state index is 12.9. The average molecular weight is 343 g/mol. The third-order valence-electron chi connectivity index (χ3n) is 2.98. The first-order chi connectivity index (χ1) is 9.06. The molecule has 0 bridgehead atoms. The van der Waals surface area contributed by atoms with E-state index in [0.29, 0.717) is 6.54 Å². The van der Waals surface area contributed by atoms with Gasteiger partial charge in [-0.1, -0.05) is 39.7 Å². The van der Waals surface area contributed by atoms with Crippen LogP contribution in [0.15, 0.2) is 46.9 Å². The Kier molecular flexibility index (Phi) is 4.97. The van der Waals surface area contributed by atoms with Gasteiger partial charge in [-0.05, 0) is 48.4 Å². The van der Waals surface area contributed by atoms with Crippen LogP contribution in [0, 0.1) is 5.82 Å². The van der Waals surface area contributed by atoms with Gasteiger partial charge < -0.3 is 5.32 Å². The number of halogens is 3. The monoisotopic (exact) mass is 341 g/mol. The molecule has 1 nitrogen and oxygen atoms in total. The van der Waals surface area contributed by atoms with Crippen LogP contribution in [0.25, 0.3) is 0 Å². The summed E-state index contributed by atoms with van der Waals surface area (Å²) in [5.74, 6) is -0.217. The molecule has 1 N–H and O–H groups in total. The van der Waals surface area contributed by atoms with Crippen LogP contribution in [0.1, 0.15) is 24.1 Å². The van der Waals surface area contributed by atoms with E-state index in [1.165, 1.54) is 12.1 Å². The van der Waals surface area contributed by atoms with Crippen molar-refractivity contribution in [1.29, 1.82) is 0 Å². The Morgan fingerprint density at radius 2 is 1.89 bits per heavy atom. The summed E-state index contributed by atoms with van der Waals surface area (Å²) >= 11 is 9.56. The molecule has 1 atom stereocenters. The van der Waals surface area contributed by atoms with Crippen molar-refractivity contribution >= 4 is 27.5 Å². The van der Waals surface area contributed by atoms with Crippen molar-refractivity contribution in [3.8, 4) is 0 Å². The molecule has 0 aliphatic carbocycles. The molecule has 0 spiro atoms. The molecule has 0 aromatic heterocycles. The lowest BCUT2D eigenvalue weighted by Gasteiger charge is -2.15. The fourth-order valence-electron chi connectivity index (χ4n) is 1.81. The molecule has 0 amide bonds. The fourth-order valence-corrected chi connectivity index (χ4v) is 2.40. The van der Waals surface area contributed by atoms with Crippen LogP contribution in [0.2, 0.25) is 5.02 Å². The summed E-state index contributed by atoms with van der Waals surface area (Å²) in [4.78, 5) is 0. The molecule has 0 saturated carbocycles. The Bertz CT molecular complexity index is 557. The highest BCUT2D eigenvalue weighted by Gasteiger charge is 2.07. The van der Waals surface area contributed by atoms with Gasteiger partial charge >= 0.3 is 0 Å². The highest BCUT2D eigenvalue weighted by molar-refractivity contribution is 9.10. The van der Waals surface area contributed by atoms with E-state index in [0.717, 1.165) is 20.6 Å². The lowest BCUT2D eigenvalue weighted by Crippen LogP contribution is -2.18. The van der Waals surface area contributed by atoms with E-state index in [1.807, 2.05) is 25.1 Å². The van der Waals surface area contributed by atoms with E-state index in [1.54, 1.807) is 12.1 Å². The van der Waals surface area contributed by atoms with Gasteiger partial charge in [0.25, 0.3) is 0 Å². The molecule has 0 fully saturated rings. The second kappa shape index (κ2) is 6.51. The first-order valence-corrected chi connectivity index (χ1v) is 7.16. The molecular formula is C15H14BrClFN. The maximum atomic E-state index is 12.9. The zero-order valence-corrected chi connectivity index (χ0v) is 12.8. The standard InChI is InChI=1S/C15H14BrClFN/c1-10(11-2-5-14(18)6-3-11)19-9-12-8-13(16)4-7-15(12)17/h2-8,10,19H,9H2,1H3. The summed E-state index contributed by atoms with van der Waals surface area (Å²) in [6.45, 7) is 2.70. The van der Waals surface area contributed by atoms with Gasteiger partial charge in [0, 0.05) is 22.1 Å². The van der Waals surface area contributed by atoms with Crippen LogP contribution < -0.4 is 5.32 Å². The fraction of sp³-hybridized carbons (Fsp3) is 0.200. The molecule has 2 aromatic rings. The zero-order valence-electron chi connectivity index (χ0n) is 10.5. The summed E-state index contributed by atoms with van der Waals surface area (Å²) < 4.78 is 13.9. The number of hydrogen-bond acceptors (Lipinski definition) is 1. The zero-order chi connectivity index (χ0) is 13.8. The minimum absolute atomic E-state index is 0.135. The normalized spacial score (nSPS) is 12.4. The van der Waals surface area contributed by atoms with Crippen LogP contribution in [0.3, 0.4) is 0 Å². The van der Waals surface area contributed by atoms with Gasteiger partial charge in [0.15, 0.2) is 0 Å². The van der Waals surface area contributed by atoms with Crippen LogP contribution in [0.4, 0.5) is 4.39 Å². The second-order valence-electron chi connectivity index (χ2n) is 4.39. The molecule has 0 heterocycles. The minimum atomic E-state index is -0.217. The first-order valence-electron chi connectivity index (χ1n) is 5.99. The summed E-state index contributed by atoms with van der Waals surface area (Å²) in [6, 6.07) is 12.4. The Labute approximate surface area is 125 Å². The molecule has 19 heavy (non-hydrogen) atoms. The molecular weight excluding hydrogens is 329 g/mol. The van der Waals surface area contributed by atoms with E-state index in [9.17, 15) is 4.39 Å².